The van der Waals surface area contributed by atoms with Crippen molar-refractivity contribution in [1.82, 2.24) is 10.3 Å². The number of para-hydroxylation sites is 1. The molecule has 1 amide bonds. The van der Waals surface area contributed by atoms with Crippen molar-refractivity contribution in [3.63, 3.8) is 0 Å². The van der Waals surface area contributed by atoms with Crippen LogP contribution in [0.2, 0.25) is 0 Å². The van der Waals surface area contributed by atoms with Crippen LogP contribution < -0.4 is 15.4 Å². The zero-order chi connectivity index (χ0) is 25.8. The summed E-state index contributed by atoms with van der Waals surface area (Å²) in [4.78, 5) is 17.2. The second-order valence-electron chi connectivity index (χ2n) is 8.07. The van der Waals surface area contributed by atoms with E-state index in [-0.39, 0.29) is 16.8 Å². The van der Waals surface area contributed by atoms with E-state index in [9.17, 15) is 9.90 Å². The highest BCUT2D eigenvalue weighted by molar-refractivity contribution is 9.10. The molecule has 7 nitrogen and oxygen atoms in total. The van der Waals surface area contributed by atoms with Gasteiger partial charge in [-0.05, 0) is 94.4 Å². The largest absolute Gasteiger partial charge is 0.507 e. The quantitative estimate of drug-likeness (QED) is 0.195. The molecule has 0 atom stereocenters. The summed E-state index contributed by atoms with van der Waals surface area (Å²) in [6.45, 7) is 0.405. The number of phenolic OH excluding ortho intramolecular Hbond substituents is 1. The lowest BCUT2D eigenvalue weighted by Gasteiger charge is -2.10. The fraction of sp³-hybridized carbons (Fsp3) is 0.0357. The molecular formula is C28H20BrN3O4S. The number of carbonyl (C=O) groups excluding carboxylic acids is 1. The molecule has 0 aliphatic rings. The number of hydrogen-bond acceptors (Lipinski definition) is 6. The number of benzene rings is 4. The summed E-state index contributed by atoms with van der Waals surface area (Å²) in [6, 6.07) is 27.0. The van der Waals surface area contributed by atoms with Gasteiger partial charge in [0, 0.05) is 16.8 Å². The van der Waals surface area contributed by atoms with Crippen LogP contribution in [0.3, 0.4) is 0 Å². The Morgan fingerprint density at radius 2 is 1.78 bits per heavy atom. The number of carbonyl (C=O) groups is 1. The summed E-state index contributed by atoms with van der Waals surface area (Å²) in [5.41, 5.74) is 4.00. The molecule has 37 heavy (non-hydrogen) atoms. The van der Waals surface area contributed by atoms with Crippen molar-refractivity contribution in [2.45, 2.75) is 6.61 Å². The van der Waals surface area contributed by atoms with Crippen LogP contribution in [0, 0.1) is 0 Å². The molecule has 0 fully saturated rings. The molecule has 0 bridgehead atoms. The number of oxazole rings is 1. The van der Waals surface area contributed by atoms with E-state index in [2.05, 4.69) is 31.5 Å². The van der Waals surface area contributed by atoms with Crippen molar-refractivity contribution >= 4 is 56.0 Å². The van der Waals surface area contributed by atoms with Gasteiger partial charge in [-0.2, -0.15) is 0 Å². The number of hydrogen-bond donors (Lipinski definition) is 3. The van der Waals surface area contributed by atoms with Gasteiger partial charge in [0.05, 0.1) is 4.47 Å². The molecule has 9 heteroatoms. The Hall–Kier alpha value is -4.21. The Morgan fingerprint density at radius 1 is 1.00 bits per heavy atom. The van der Waals surface area contributed by atoms with Crippen molar-refractivity contribution in [3.8, 4) is 23.0 Å². The normalized spacial score (nSPS) is 10.7. The number of aromatic hydroxyl groups is 1. The van der Waals surface area contributed by atoms with Crippen LogP contribution in [0.25, 0.3) is 22.6 Å². The number of nitrogens with one attached hydrogen (secondary N) is 2. The van der Waals surface area contributed by atoms with Gasteiger partial charge in [-0.1, -0.05) is 30.3 Å². The number of aromatic nitrogens is 1. The second-order valence-corrected chi connectivity index (χ2v) is 9.34. The third-order valence-corrected chi connectivity index (χ3v) is 6.27. The van der Waals surface area contributed by atoms with Crippen LogP contribution >= 0.6 is 28.1 Å². The fourth-order valence-corrected chi connectivity index (χ4v) is 4.13. The molecule has 1 aromatic heterocycles. The summed E-state index contributed by atoms with van der Waals surface area (Å²) < 4.78 is 12.1. The number of amides is 1. The standard InChI is InChI=1S/C28H20BrN3O4S/c29-22-14-19(10-12-24(22)33)27-31-23-15-20(11-13-25(23)36-27)30-28(37)32-26(34)18-8-6-17(7-9-18)16-35-21-4-2-1-3-5-21/h1-15,33H,16H2,(H2,30,32,34,37). The van der Waals surface area contributed by atoms with E-state index < -0.39 is 0 Å². The maximum absolute atomic E-state index is 12.6. The Labute approximate surface area is 226 Å². The number of thiocarbonyl (C=S) groups is 1. The van der Waals surface area contributed by atoms with Gasteiger partial charge in [-0.25, -0.2) is 4.98 Å². The van der Waals surface area contributed by atoms with E-state index in [1.165, 1.54) is 0 Å². The average Bonchev–Trinajstić information content (AvgIpc) is 3.33. The maximum Gasteiger partial charge on any atom is 0.257 e. The van der Waals surface area contributed by atoms with E-state index in [0.717, 1.165) is 16.9 Å². The summed E-state index contributed by atoms with van der Waals surface area (Å²) in [5, 5.41) is 15.6. The highest BCUT2D eigenvalue weighted by Gasteiger charge is 2.12. The molecule has 0 saturated carbocycles. The topological polar surface area (TPSA) is 96.6 Å². The summed E-state index contributed by atoms with van der Waals surface area (Å²) in [5.74, 6) is 1.02. The van der Waals surface area contributed by atoms with E-state index in [1.54, 1.807) is 48.5 Å². The number of halogens is 1. The van der Waals surface area contributed by atoms with Gasteiger partial charge in [0.2, 0.25) is 5.89 Å². The number of phenols is 1. The number of fused-ring (bicyclic) bond motifs is 1. The van der Waals surface area contributed by atoms with Crippen LogP contribution in [-0.4, -0.2) is 21.1 Å². The van der Waals surface area contributed by atoms with E-state index in [1.807, 2.05) is 42.5 Å². The summed E-state index contributed by atoms with van der Waals surface area (Å²) in [7, 11) is 0. The zero-order valence-corrected chi connectivity index (χ0v) is 21.7. The Bertz CT molecular complexity index is 1590. The van der Waals surface area contributed by atoms with Crippen molar-refractivity contribution in [1.29, 1.82) is 0 Å². The molecule has 0 aliphatic heterocycles. The third kappa shape index (κ3) is 5.96. The molecule has 5 rings (SSSR count). The molecule has 0 unspecified atom stereocenters. The van der Waals surface area contributed by atoms with Crippen molar-refractivity contribution < 1.29 is 19.1 Å². The molecule has 3 N–H and O–H groups in total. The van der Waals surface area contributed by atoms with E-state index >= 15 is 0 Å². The third-order valence-electron chi connectivity index (χ3n) is 5.43. The molecule has 1 heterocycles. The lowest BCUT2D eigenvalue weighted by Crippen LogP contribution is -2.34. The van der Waals surface area contributed by atoms with Crippen LogP contribution in [0.4, 0.5) is 5.69 Å². The van der Waals surface area contributed by atoms with Gasteiger partial charge in [-0.3, -0.25) is 10.1 Å². The zero-order valence-electron chi connectivity index (χ0n) is 19.3. The smallest absolute Gasteiger partial charge is 0.257 e. The first-order chi connectivity index (χ1) is 17.9. The minimum atomic E-state index is -0.323. The van der Waals surface area contributed by atoms with Gasteiger partial charge in [0.1, 0.15) is 23.6 Å². The molecule has 4 aromatic carbocycles. The maximum atomic E-state index is 12.6. The molecule has 0 spiro atoms. The monoisotopic (exact) mass is 573 g/mol. The van der Waals surface area contributed by atoms with Crippen molar-refractivity contribution in [2.24, 2.45) is 0 Å². The van der Waals surface area contributed by atoms with Crippen LogP contribution in [-0.2, 0) is 6.61 Å². The predicted molar refractivity (Wildman–Crippen MR) is 150 cm³/mol. The molecule has 0 radical (unpaired) electrons. The molecular weight excluding hydrogens is 554 g/mol. The van der Waals surface area contributed by atoms with Gasteiger partial charge in [-0.15, -0.1) is 0 Å². The van der Waals surface area contributed by atoms with Crippen molar-refractivity contribution in [2.75, 3.05) is 5.32 Å². The van der Waals surface area contributed by atoms with Crippen LogP contribution in [0.15, 0.2) is 99.9 Å². The first kappa shape index (κ1) is 24.5. The summed E-state index contributed by atoms with van der Waals surface area (Å²) >= 11 is 8.63. The molecule has 5 aromatic rings. The lowest BCUT2D eigenvalue weighted by atomic mass is 10.1. The Kier molecular flexibility index (Phi) is 7.16. The number of anilines is 1. The number of ether oxygens (including phenoxy) is 1. The van der Waals surface area contributed by atoms with Gasteiger partial charge in [0.15, 0.2) is 10.7 Å². The van der Waals surface area contributed by atoms with E-state index in [0.29, 0.717) is 39.3 Å². The van der Waals surface area contributed by atoms with Crippen LogP contribution in [0.1, 0.15) is 15.9 Å². The van der Waals surface area contributed by atoms with E-state index in [4.69, 9.17) is 21.4 Å². The minimum Gasteiger partial charge on any atom is -0.507 e. The number of rotatable bonds is 6. The Balaban J connectivity index is 1.19. The first-order valence-electron chi connectivity index (χ1n) is 11.2. The van der Waals surface area contributed by atoms with Crippen molar-refractivity contribution in [3.05, 3.63) is 107 Å². The van der Waals surface area contributed by atoms with Gasteiger partial charge >= 0.3 is 0 Å². The molecule has 0 aliphatic carbocycles. The second kappa shape index (κ2) is 10.8. The summed E-state index contributed by atoms with van der Waals surface area (Å²) in [6.07, 6.45) is 0. The molecule has 184 valence electrons. The number of nitrogens with zero attached hydrogens (tertiary/aromatic N) is 1. The average molecular weight is 574 g/mol. The lowest BCUT2D eigenvalue weighted by molar-refractivity contribution is 0.0977. The van der Waals surface area contributed by atoms with Gasteiger partial charge < -0.3 is 19.6 Å². The predicted octanol–water partition coefficient (Wildman–Crippen LogP) is 6.67. The molecule has 0 saturated heterocycles. The Morgan fingerprint density at radius 3 is 2.54 bits per heavy atom. The highest BCUT2D eigenvalue weighted by Crippen LogP contribution is 2.31. The van der Waals surface area contributed by atoms with Gasteiger partial charge in [0.25, 0.3) is 5.91 Å². The first-order valence-corrected chi connectivity index (χ1v) is 12.4. The fourth-order valence-electron chi connectivity index (χ4n) is 3.54. The minimum absolute atomic E-state index is 0.134. The highest BCUT2D eigenvalue weighted by atomic mass is 79.9. The SMILES string of the molecule is O=C(NC(=S)Nc1ccc2oc(-c3ccc(O)c(Br)c3)nc2c1)c1ccc(COc2ccccc2)cc1. The van der Waals surface area contributed by atoms with Crippen LogP contribution in [0.5, 0.6) is 11.5 Å².